The van der Waals surface area contributed by atoms with Gasteiger partial charge in [-0.25, -0.2) is 4.98 Å². The van der Waals surface area contributed by atoms with Gasteiger partial charge < -0.3 is 10.1 Å². The molecule has 1 amide bonds. The third-order valence-electron chi connectivity index (χ3n) is 2.57. The number of thiocarbonyl (C=S) groups is 1. The molecule has 0 spiro atoms. The molecule has 0 bridgehead atoms. The predicted molar refractivity (Wildman–Crippen MR) is 66.5 cm³/mol. The van der Waals surface area contributed by atoms with Crippen LogP contribution in [0.15, 0.2) is 18.3 Å². The maximum absolute atomic E-state index is 11.8. The van der Waals surface area contributed by atoms with E-state index < -0.39 is 0 Å². The Labute approximate surface area is 105 Å². The number of amides is 1. The Morgan fingerprint density at radius 2 is 2.41 bits per heavy atom. The van der Waals surface area contributed by atoms with Gasteiger partial charge in [0, 0.05) is 12.3 Å². The first kappa shape index (κ1) is 11.8. The van der Waals surface area contributed by atoms with Crippen LogP contribution in [0.4, 0.5) is 0 Å². The third kappa shape index (κ3) is 2.36. The molecule has 1 aromatic rings. The van der Waals surface area contributed by atoms with Crippen molar-refractivity contribution in [3.05, 3.63) is 23.9 Å². The molecule has 1 aliphatic rings. The van der Waals surface area contributed by atoms with Crippen LogP contribution in [0.25, 0.3) is 0 Å². The number of pyridine rings is 1. The van der Waals surface area contributed by atoms with E-state index in [0.717, 1.165) is 5.56 Å². The Morgan fingerprint density at radius 1 is 1.65 bits per heavy atom. The van der Waals surface area contributed by atoms with Gasteiger partial charge in [0.1, 0.15) is 6.04 Å². The number of nitrogens with zero attached hydrogens (tertiary/aromatic N) is 2. The summed E-state index contributed by atoms with van der Waals surface area (Å²) >= 11 is 5.10. The molecule has 17 heavy (non-hydrogen) atoms. The quantitative estimate of drug-likeness (QED) is 0.801. The molecule has 1 N–H and O–H groups in total. The molecule has 1 fully saturated rings. The lowest BCUT2D eigenvalue weighted by Crippen LogP contribution is -2.30. The molecule has 0 aliphatic carbocycles. The lowest BCUT2D eigenvalue weighted by molar-refractivity contribution is -0.127. The summed E-state index contributed by atoms with van der Waals surface area (Å²) in [6.07, 6.45) is 1.65. The van der Waals surface area contributed by atoms with Crippen LogP contribution in [0.2, 0.25) is 0 Å². The molecule has 2 rings (SSSR count). The first-order valence-corrected chi connectivity index (χ1v) is 5.63. The molecule has 0 aromatic carbocycles. The number of carbonyl (C=O) groups is 1. The smallest absolute Gasteiger partial charge is 0.251 e. The van der Waals surface area contributed by atoms with E-state index in [2.05, 4.69) is 10.3 Å². The number of rotatable bonds is 3. The SMILES string of the molecule is COc1cc(CN2C(=O)[C@H](C)NC2=S)ccn1. The predicted octanol–water partition coefficient (Wildman–Crippen LogP) is 0.695. The molecular weight excluding hydrogens is 238 g/mol. The molecule has 5 nitrogen and oxygen atoms in total. The van der Waals surface area contributed by atoms with Crippen molar-refractivity contribution in [1.82, 2.24) is 15.2 Å². The zero-order chi connectivity index (χ0) is 12.4. The molecule has 1 atom stereocenters. The second-order valence-electron chi connectivity index (χ2n) is 3.80. The summed E-state index contributed by atoms with van der Waals surface area (Å²) in [5, 5.41) is 3.40. The minimum Gasteiger partial charge on any atom is -0.481 e. The van der Waals surface area contributed by atoms with E-state index in [1.54, 1.807) is 31.2 Å². The summed E-state index contributed by atoms with van der Waals surface area (Å²) in [7, 11) is 1.56. The lowest BCUT2D eigenvalue weighted by atomic mass is 10.2. The van der Waals surface area contributed by atoms with Crippen LogP contribution in [0, 0.1) is 0 Å². The Bertz CT molecular complexity index is 464. The van der Waals surface area contributed by atoms with Gasteiger partial charge in [-0.05, 0) is 30.8 Å². The van der Waals surface area contributed by atoms with E-state index in [1.807, 2.05) is 6.07 Å². The fraction of sp³-hybridized carbons (Fsp3) is 0.364. The Balaban J connectivity index is 2.15. The van der Waals surface area contributed by atoms with Crippen molar-refractivity contribution in [3.63, 3.8) is 0 Å². The van der Waals surface area contributed by atoms with E-state index in [4.69, 9.17) is 17.0 Å². The summed E-state index contributed by atoms with van der Waals surface area (Å²) in [6.45, 7) is 2.23. The molecule has 90 valence electrons. The highest BCUT2D eigenvalue weighted by atomic mass is 32.1. The maximum Gasteiger partial charge on any atom is 0.251 e. The van der Waals surface area contributed by atoms with Gasteiger partial charge in [0.15, 0.2) is 5.11 Å². The minimum atomic E-state index is -0.244. The molecule has 1 saturated heterocycles. The zero-order valence-electron chi connectivity index (χ0n) is 9.64. The van der Waals surface area contributed by atoms with Gasteiger partial charge in [-0.3, -0.25) is 9.69 Å². The first-order valence-electron chi connectivity index (χ1n) is 5.22. The summed E-state index contributed by atoms with van der Waals surface area (Å²) in [5.41, 5.74) is 0.934. The van der Waals surface area contributed by atoms with Crippen molar-refractivity contribution in [3.8, 4) is 5.88 Å². The summed E-state index contributed by atoms with van der Waals surface area (Å²) in [4.78, 5) is 17.4. The number of aromatic nitrogens is 1. The lowest BCUT2D eigenvalue weighted by Gasteiger charge is -2.14. The molecule has 0 radical (unpaired) electrons. The van der Waals surface area contributed by atoms with Gasteiger partial charge >= 0.3 is 0 Å². The van der Waals surface area contributed by atoms with Crippen LogP contribution in [0.1, 0.15) is 12.5 Å². The number of methoxy groups -OCH3 is 1. The highest BCUT2D eigenvalue weighted by molar-refractivity contribution is 7.80. The first-order chi connectivity index (χ1) is 8.11. The summed E-state index contributed by atoms with van der Waals surface area (Å²) < 4.78 is 5.03. The van der Waals surface area contributed by atoms with Gasteiger partial charge in [-0.15, -0.1) is 0 Å². The monoisotopic (exact) mass is 251 g/mol. The minimum absolute atomic E-state index is 0.00854. The van der Waals surface area contributed by atoms with Gasteiger partial charge in [0.2, 0.25) is 5.88 Å². The molecule has 0 saturated carbocycles. The van der Waals surface area contributed by atoms with Gasteiger partial charge in [0.05, 0.1) is 13.7 Å². The standard InChI is InChI=1S/C11H13N3O2S/c1-7-10(15)14(11(17)13-7)6-8-3-4-12-9(5-8)16-2/h3-5,7H,6H2,1-2H3,(H,13,17)/t7-/m0/s1. The van der Waals surface area contributed by atoms with Gasteiger partial charge in [-0.2, -0.15) is 0 Å². The number of ether oxygens (including phenoxy) is 1. The Morgan fingerprint density at radius 3 is 3.00 bits per heavy atom. The largest absolute Gasteiger partial charge is 0.481 e. The molecule has 6 heteroatoms. The summed E-state index contributed by atoms with van der Waals surface area (Å²) in [6, 6.07) is 3.38. The normalized spacial score (nSPS) is 19.4. The van der Waals surface area contributed by atoms with E-state index in [9.17, 15) is 4.79 Å². The molecule has 1 aromatic heterocycles. The molecule has 1 aliphatic heterocycles. The van der Waals surface area contributed by atoms with Gasteiger partial charge in [0.25, 0.3) is 5.91 Å². The van der Waals surface area contributed by atoms with Crippen LogP contribution < -0.4 is 10.1 Å². The van der Waals surface area contributed by atoms with Crippen LogP contribution >= 0.6 is 12.2 Å². The number of hydrogen-bond donors (Lipinski definition) is 1. The highest BCUT2D eigenvalue weighted by Gasteiger charge is 2.31. The van der Waals surface area contributed by atoms with E-state index in [0.29, 0.717) is 17.5 Å². The average Bonchev–Trinajstić information content (AvgIpc) is 2.56. The van der Waals surface area contributed by atoms with Crippen LogP contribution in [-0.4, -0.2) is 34.1 Å². The zero-order valence-corrected chi connectivity index (χ0v) is 10.5. The fourth-order valence-electron chi connectivity index (χ4n) is 1.65. The van der Waals surface area contributed by atoms with E-state index in [-0.39, 0.29) is 11.9 Å². The van der Waals surface area contributed by atoms with Crippen molar-refractivity contribution in [1.29, 1.82) is 0 Å². The number of hydrogen-bond acceptors (Lipinski definition) is 4. The van der Waals surface area contributed by atoms with Crippen LogP contribution in [0.3, 0.4) is 0 Å². The average molecular weight is 251 g/mol. The van der Waals surface area contributed by atoms with Crippen molar-refractivity contribution >= 4 is 23.2 Å². The maximum atomic E-state index is 11.8. The fourth-order valence-corrected chi connectivity index (χ4v) is 1.98. The molecular formula is C11H13N3O2S. The Hall–Kier alpha value is -1.69. The van der Waals surface area contributed by atoms with Gasteiger partial charge in [-0.1, -0.05) is 0 Å². The second-order valence-corrected chi connectivity index (χ2v) is 4.19. The second kappa shape index (κ2) is 4.67. The van der Waals surface area contributed by atoms with E-state index in [1.165, 1.54) is 0 Å². The summed E-state index contributed by atoms with van der Waals surface area (Å²) in [5.74, 6) is 0.520. The van der Waals surface area contributed by atoms with E-state index >= 15 is 0 Å². The van der Waals surface area contributed by atoms with Crippen LogP contribution in [0.5, 0.6) is 5.88 Å². The van der Waals surface area contributed by atoms with Crippen molar-refractivity contribution < 1.29 is 9.53 Å². The number of carbonyl (C=O) groups excluding carboxylic acids is 1. The van der Waals surface area contributed by atoms with Crippen molar-refractivity contribution in [2.24, 2.45) is 0 Å². The van der Waals surface area contributed by atoms with Crippen LogP contribution in [-0.2, 0) is 11.3 Å². The highest BCUT2D eigenvalue weighted by Crippen LogP contribution is 2.14. The Kier molecular flexibility index (Phi) is 3.23. The van der Waals surface area contributed by atoms with Crippen molar-refractivity contribution in [2.45, 2.75) is 19.5 Å². The molecule has 0 unspecified atom stereocenters. The topological polar surface area (TPSA) is 54.5 Å². The third-order valence-corrected chi connectivity index (χ3v) is 2.91. The number of nitrogens with one attached hydrogen (secondary N) is 1. The van der Waals surface area contributed by atoms with Crippen molar-refractivity contribution in [2.75, 3.05) is 7.11 Å². The molecule has 2 heterocycles.